The first-order chi connectivity index (χ1) is 35.5. The van der Waals surface area contributed by atoms with Crippen molar-refractivity contribution < 1.29 is 24.5 Å². The molecule has 0 heterocycles. The van der Waals surface area contributed by atoms with Crippen LogP contribution in [0.2, 0.25) is 0 Å². The van der Waals surface area contributed by atoms with Crippen LogP contribution in [0.25, 0.3) is 0 Å². The summed E-state index contributed by atoms with van der Waals surface area (Å²) in [5, 5.41) is 23.4. The summed E-state index contributed by atoms with van der Waals surface area (Å²) in [4.78, 5) is 24.6. The summed E-state index contributed by atoms with van der Waals surface area (Å²) in [5.41, 5.74) is 0. The molecule has 2 unspecified atom stereocenters. The Balaban J connectivity index is 3.36. The van der Waals surface area contributed by atoms with E-state index in [1.54, 1.807) is 0 Å². The van der Waals surface area contributed by atoms with E-state index in [1.165, 1.54) is 315 Å². The lowest BCUT2D eigenvalue weighted by molar-refractivity contribution is -0.143. The van der Waals surface area contributed by atoms with Gasteiger partial charge >= 0.3 is 5.97 Å². The molecule has 0 bridgehead atoms. The van der Waals surface area contributed by atoms with Crippen molar-refractivity contribution >= 4 is 11.9 Å². The highest BCUT2D eigenvalue weighted by molar-refractivity contribution is 5.76. The lowest BCUT2D eigenvalue weighted by Crippen LogP contribution is -2.45. The van der Waals surface area contributed by atoms with E-state index in [2.05, 4.69) is 19.2 Å². The van der Waals surface area contributed by atoms with Gasteiger partial charge in [0.25, 0.3) is 0 Å². The normalized spacial score (nSPS) is 12.4. The Morgan fingerprint density at radius 2 is 0.569 bits per heavy atom. The molecule has 0 aromatic heterocycles. The van der Waals surface area contributed by atoms with E-state index >= 15 is 0 Å². The van der Waals surface area contributed by atoms with Crippen LogP contribution < -0.4 is 5.32 Å². The van der Waals surface area contributed by atoms with E-state index in [9.17, 15) is 19.8 Å². The first kappa shape index (κ1) is 70.9. The van der Waals surface area contributed by atoms with Crippen LogP contribution in [0.4, 0.5) is 0 Å². The van der Waals surface area contributed by atoms with Crippen LogP contribution >= 0.6 is 0 Å². The Labute approximate surface area is 451 Å². The third-order valence-electron chi connectivity index (χ3n) is 15.9. The lowest BCUT2D eigenvalue weighted by Gasteiger charge is -2.22. The molecule has 1 amide bonds. The molecule has 0 aliphatic carbocycles. The number of aliphatic hydroxyl groups excluding tert-OH is 2. The molecule has 72 heavy (non-hydrogen) atoms. The maximum absolute atomic E-state index is 12.5. The van der Waals surface area contributed by atoms with E-state index in [-0.39, 0.29) is 18.5 Å². The Kier molecular flexibility index (Phi) is 61.4. The van der Waals surface area contributed by atoms with Crippen molar-refractivity contribution in [3.05, 3.63) is 0 Å². The third kappa shape index (κ3) is 58.1. The fraction of sp³-hybridized carbons (Fsp3) is 0.970. The highest BCUT2D eigenvalue weighted by Gasteiger charge is 2.20. The van der Waals surface area contributed by atoms with Crippen molar-refractivity contribution in [2.45, 2.75) is 398 Å². The molecule has 430 valence electrons. The zero-order valence-corrected chi connectivity index (χ0v) is 49.2. The molecule has 2 atom stereocenters. The molecule has 0 rings (SSSR count). The molecule has 6 nitrogen and oxygen atoms in total. The monoisotopic (exact) mass is 1020 g/mol. The molecule has 0 aliphatic heterocycles. The first-order valence-electron chi connectivity index (χ1n) is 33.3. The van der Waals surface area contributed by atoms with E-state index in [0.717, 1.165) is 38.5 Å². The van der Waals surface area contributed by atoms with Crippen LogP contribution in [0, 0.1) is 0 Å². The Morgan fingerprint density at radius 3 is 0.847 bits per heavy atom. The third-order valence-corrected chi connectivity index (χ3v) is 15.9. The smallest absolute Gasteiger partial charge is 0.305 e. The Bertz CT molecular complexity index is 1040. The molecule has 3 N–H and O–H groups in total. The SMILES string of the molecule is CCCCCCCCCCCCCCCCCCCCC(O)C(CO)NC(=O)CCCCCCCCCCCCCCCCCCCCCCCOC(=O)CCCCCCCCCCCCCCCCCC. The Morgan fingerprint density at radius 1 is 0.333 bits per heavy atom. The van der Waals surface area contributed by atoms with Crippen LogP contribution in [-0.4, -0.2) is 47.4 Å². The molecule has 0 aromatic rings. The van der Waals surface area contributed by atoms with Crippen molar-refractivity contribution in [2.75, 3.05) is 13.2 Å². The van der Waals surface area contributed by atoms with Crippen molar-refractivity contribution in [1.29, 1.82) is 0 Å². The quantitative estimate of drug-likeness (QED) is 0.0417. The van der Waals surface area contributed by atoms with E-state index in [4.69, 9.17) is 4.74 Å². The standard InChI is InChI=1S/C66H131NO5/c1-3-5-7-9-11-13-15-17-19-21-27-30-34-38-42-46-50-54-58-64(69)63(62-68)67-65(70)59-55-51-47-43-39-35-31-28-25-23-22-24-26-29-33-37-41-45-49-53-57-61-72-66(71)60-56-52-48-44-40-36-32-20-18-16-14-12-10-8-6-4-2/h63-64,68-69H,3-62H2,1-2H3,(H,67,70). The molecule has 0 aromatic carbocycles. The van der Waals surface area contributed by atoms with E-state index in [0.29, 0.717) is 25.9 Å². The second-order valence-corrected chi connectivity index (χ2v) is 23.2. The van der Waals surface area contributed by atoms with Crippen LogP contribution in [0.1, 0.15) is 386 Å². The number of hydrogen-bond donors (Lipinski definition) is 3. The fourth-order valence-electron chi connectivity index (χ4n) is 10.8. The zero-order chi connectivity index (χ0) is 52.2. The number of nitrogens with one attached hydrogen (secondary N) is 1. The predicted octanol–water partition coefficient (Wildman–Crippen LogP) is 21.0. The van der Waals surface area contributed by atoms with Crippen molar-refractivity contribution in [2.24, 2.45) is 0 Å². The summed E-state index contributed by atoms with van der Waals surface area (Å²) < 4.78 is 5.50. The van der Waals surface area contributed by atoms with Crippen molar-refractivity contribution in [1.82, 2.24) is 5.32 Å². The van der Waals surface area contributed by atoms with Gasteiger partial charge in [-0.05, 0) is 25.7 Å². The summed E-state index contributed by atoms with van der Waals surface area (Å²) in [5.74, 6) is -0.0146. The molecule has 0 spiro atoms. The summed E-state index contributed by atoms with van der Waals surface area (Å²) in [7, 11) is 0. The van der Waals surface area contributed by atoms with Gasteiger partial charge in [-0.15, -0.1) is 0 Å². The minimum absolute atomic E-state index is 0.0169. The number of ether oxygens (including phenoxy) is 1. The zero-order valence-electron chi connectivity index (χ0n) is 49.2. The average Bonchev–Trinajstić information content (AvgIpc) is 3.38. The number of carbonyl (C=O) groups is 2. The molecule has 0 radical (unpaired) electrons. The average molecular weight is 1020 g/mol. The molecular formula is C66H131NO5. The van der Waals surface area contributed by atoms with Crippen molar-refractivity contribution in [3.63, 3.8) is 0 Å². The van der Waals surface area contributed by atoms with Gasteiger partial charge in [0.1, 0.15) is 0 Å². The van der Waals surface area contributed by atoms with Gasteiger partial charge in [-0.25, -0.2) is 0 Å². The number of carbonyl (C=O) groups excluding carboxylic acids is 2. The fourth-order valence-corrected chi connectivity index (χ4v) is 10.8. The van der Waals surface area contributed by atoms with Gasteiger partial charge in [0, 0.05) is 12.8 Å². The number of rotatable bonds is 63. The first-order valence-corrected chi connectivity index (χ1v) is 33.3. The van der Waals surface area contributed by atoms with Gasteiger partial charge in [0.2, 0.25) is 5.91 Å². The molecular weight excluding hydrogens is 887 g/mol. The maximum atomic E-state index is 12.5. The largest absolute Gasteiger partial charge is 0.466 e. The maximum Gasteiger partial charge on any atom is 0.305 e. The number of hydrogen-bond acceptors (Lipinski definition) is 5. The van der Waals surface area contributed by atoms with Gasteiger partial charge in [-0.1, -0.05) is 348 Å². The summed E-state index contributed by atoms with van der Waals surface area (Å²) in [6, 6.07) is -0.541. The predicted molar refractivity (Wildman–Crippen MR) is 315 cm³/mol. The van der Waals surface area contributed by atoms with Gasteiger partial charge in [-0.2, -0.15) is 0 Å². The highest BCUT2D eigenvalue weighted by Crippen LogP contribution is 2.19. The minimum Gasteiger partial charge on any atom is -0.466 e. The van der Waals surface area contributed by atoms with E-state index < -0.39 is 12.1 Å². The van der Waals surface area contributed by atoms with Crippen LogP contribution in [0.3, 0.4) is 0 Å². The van der Waals surface area contributed by atoms with Gasteiger partial charge in [0.05, 0.1) is 25.4 Å². The van der Waals surface area contributed by atoms with Gasteiger partial charge in [0.15, 0.2) is 0 Å². The second kappa shape index (κ2) is 62.4. The van der Waals surface area contributed by atoms with Gasteiger partial charge in [-0.3, -0.25) is 9.59 Å². The molecule has 0 saturated heterocycles. The molecule has 0 saturated carbocycles. The summed E-state index contributed by atoms with van der Waals surface area (Å²) in [6.45, 7) is 5.00. The van der Waals surface area contributed by atoms with Crippen LogP contribution in [-0.2, 0) is 14.3 Å². The van der Waals surface area contributed by atoms with Crippen LogP contribution in [0.15, 0.2) is 0 Å². The Hall–Kier alpha value is -1.14. The topological polar surface area (TPSA) is 95.9 Å². The molecule has 0 fully saturated rings. The van der Waals surface area contributed by atoms with Crippen LogP contribution in [0.5, 0.6) is 0 Å². The summed E-state index contributed by atoms with van der Waals surface area (Å²) >= 11 is 0. The summed E-state index contributed by atoms with van der Waals surface area (Å²) in [6.07, 6.45) is 74.1. The number of amides is 1. The van der Waals surface area contributed by atoms with Crippen molar-refractivity contribution in [3.8, 4) is 0 Å². The number of aliphatic hydroxyl groups is 2. The highest BCUT2D eigenvalue weighted by atomic mass is 16.5. The second-order valence-electron chi connectivity index (χ2n) is 23.2. The number of esters is 1. The number of unbranched alkanes of at least 4 members (excludes halogenated alkanes) is 52. The van der Waals surface area contributed by atoms with E-state index in [1.807, 2.05) is 0 Å². The lowest BCUT2D eigenvalue weighted by atomic mass is 10.0. The van der Waals surface area contributed by atoms with Gasteiger partial charge < -0.3 is 20.3 Å². The molecule has 6 heteroatoms. The molecule has 0 aliphatic rings. The minimum atomic E-state index is -0.664.